The summed E-state index contributed by atoms with van der Waals surface area (Å²) in [6, 6.07) is 7.11. The van der Waals surface area contributed by atoms with E-state index in [1.54, 1.807) is 24.1 Å². The number of benzene rings is 1. The van der Waals surface area contributed by atoms with E-state index in [0.29, 0.717) is 15.9 Å². The molecule has 4 N–H and O–H groups in total. The Hall–Kier alpha value is -2.15. The average Bonchev–Trinajstić information content (AvgIpc) is 2.41. The van der Waals surface area contributed by atoms with Crippen LogP contribution in [0.2, 0.25) is 0 Å². The molecular formula is C12H12BrN5O. The lowest BCUT2D eigenvalue weighted by atomic mass is 10.2. The summed E-state index contributed by atoms with van der Waals surface area (Å²) in [6.07, 6.45) is 1.35. The van der Waals surface area contributed by atoms with Crippen LogP contribution in [0.15, 0.2) is 39.9 Å². The number of hydrogen-bond acceptors (Lipinski definition) is 4. The first-order valence-electron chi connectivity index (χ1n) is 5.42. The number of H-pyrrole nitrogens is 1. The Labute approximate surface area is 117 Å². The van der Waals surface area contributed by atoms with Gasteiger partial charge in [0, 0.05) is 18.3 Å². The van der Waals surface area contributed by atoms with Gasteiger partial charge >= 0.3 is 0 Å². The number of nitrogens with two attached hydrogens (primary N) is 1. The van der Waals surface area contributed by atoms with Crippen molar-refractivity contribution >= 4 is 33.3 Å². The van der Waals surface area contributed by atoms with Gasteiger partial charge in [0.25, 0.3) is 5.56 Å². The van der Waals surface area contributed by atoms with E-state index in [0.717, 1.165) is 5.69 Å². The minimum absolute atomic E-state index is 0.0182. The first-order valence-corrected chi connectivity index (χ1v) is 6.21. The van der Waals surface area contributed by atoms with Gasteiger partial charge in [-0.1, -0.05) is 0 Å². The van der Waals surface area contributed by atoms with Gasteiger partial charge in [0.1, 0.15) is 10.3 Å². The van der Waals surface area contributed by atoms with Crippen molar-refractivity contribution in [3.8, 4) is 0 Å². The molecule has 0 unspecified atom stereocenters. The summed E-state index contributed by atoms with van der Waals surface area (Å²) in [6.45, 7) is 0. The second-order valence-electron chi connectivity index (χ2n) is 3.89. The summed E-state index contributed by atoms with van der Waals surface area (Å²) in [5, 5.41) is 7.34. The van der Waals surface area contributed by atoms with E-state index >= 15 is 0 Å². The van der Waals surface area contributed by atoms with E-state index < -0.39 is 0 Å². The molecule has 98 valence electrons. The molecule has 7 heteroatoms. The SMILES string of the molecule is CN(c1ccc(C(=N)N)cc1)c1nc[nH]c(=O)c1Br. The highest BCUT2D eigenvalue weighted by Crippen LogP contribution is 2.25. The molecule has 6 nitrogen and oxygen atoms in total. The molecule has 19 heavy (non-hydrogen) atoms. The molecule has 0 aliphatic rings. The molecule has 1 aromatic carbocycles. The van der Waals surface area contributed by atoms with Crippen LogP contribution >= 0.6 is 15.9 Å². The van der Waals surface area contributed by atoms with Crippen LogP contribution in [0, 0.1) is 5.41 Å². The van der Waals surface area contributed by atoms with Gasteiger partial charge in [0.15, 0.2) is 5.82 Å². The van der Waals surface area contributed by atoms with Crippen LogP contribution in [0.3, 0.4) is 0 Å². The predicted octanol–water partition coefficient (Wildman–Crippen LogP) is 1.58. The first kappa shape index (κ1) is 13.3. The van der Waals surface area contributed by atoms with Crippen LogP contribution in [0.1, 0.15) is 5.56 Å². The molecule has 0 bridgehead atoms. The molecule has 2 rings (SSSR count). The molecular weight excluding hydrogens is 310 g/mol. The van der Waals surface area contributed by atoms with Gasteiger partial charge in [-0.2, -0.15) is 0 Å². The fourth-order valence-electron chi connectivity index (χ4n) is 1.59. The van der Waals surface area contributed by atoms with Crippen molar-refractivity contribution in [3.63, 3.8) is 0 Å². The van der Waals surface area contributed by atoms with Gasteiger partial charge in [0.05, 0.1) is 6.33 Å². The van der Waals surface area contributed by atoms with Gasteiger partial charge < -0.3 is 15.6 Å². The van der Waals surface area contributed by atoms with E-state index in [-0.39, 0.29) is 11.4 Å². The molecule has 0 saturated carbocycles. The van der Waals surface area contributed by atoms with Crippen LogP contribution in [0.4, 0.5) is 11.5 Å². The van der Waals surface area contributed by atoms with Crippen LogP contribution in [-0.2, 0) is 0 Å². The monoisotopic (exact) mass is 321 g/mol. The second kappa shape index (κ2) is 5.23. The van der Waals surface area contributed by atoms with Crippen LogP contribution < -0.4 is 16.2 Å². The largest absolute Gasteiger partial charge is 0.384 e. The number of halogens is 1. The Morgan fingerprint density at radius 2 is 2.05 bits per heavy atom. The quantitative estimate of drug-likeness (QED) is 0.590. The van der Waals surface area contributed by atoms with Crippen LogP contribution in [-0.4, -0.2) is 22.9 Å². The Morgan fingerprint density at radius 3 is 2.63 bits per heavy atom. The highest BCUT2D eigenvalue weighted by Gasteiger charge is 2.12. The summed E-state index contributed by atoms with van der Waals surface area (Å²) >= 11 is 3.21. The molecule has 0 radical (unpaired) electrons. The third-order valence-electron chi connectivity index (χ3n) is 2.66. The second-order valence-corrected chi connectivity index (χ2v) is 4.68. The summed E-state index contributed by atoms with van der Waals surface area (Å²) in [7, 11) is 1.80. The van der Waals surface area contributed by atoms with Gasteiger partial charge in [-0.15, -0.1) is 0 Å². The van der Waals surface area contributed by atoms with Gasteiger partial charge in [0.2, 0.25) is 0 Å². The van der Waals surface area contributed by atoms with Gasteiger partial charge in [-0.3, -0.25) is 10.2 Å². The zero-order chi connectivity index (χ0) is 14.0. The zero-order valence-corrected chi connectivity index (χ0v) is 11.7. The summed E-state index contributed by atoms with van der Waals surface area (Å²) in [4.78, 5) is 19.9. The molecule has 0 atom stereocenters. The third kappa shape index (κ3) is 2.65. The van der Waals surface area contributed by atoms with E-state index in [1.165, 1.54) is 6.33 Å². The first-order chi connectivity index (χ1) is 9.00. The molecule has 0 saturated heterocycles. The van der Waals surface area contributed by atoms with Crippen molar-refractivity contribution in [3.05, 3.63) is 51.0 Å². The lowest BCUT2D eigenvalue weighted by Gasteiger charge is -2.19. The van der Waals surface area contributed by atoms with E-state index in [1.807, 2.05) is 12.1 Å². The number of nitrogens with one attached hydrogen (secondary N) is 2. The van der Waals surface area contributed by atoms with Crippen molar-refractivity contribution in [2.24, 2.45) is 5.73 Å². The number of aromatic amines is 1. The molecule has 0 aliphatic heterocycles. The normalized spacial score (nSPS) is 10.2. The number of amidine groups is 1. The molecule has 1 aromatic heterocycles. The lowest BCUT2D eigenvalue weighted by Crippen LogP contribution is -2.18. The van der Waals surface area contributed by atoms with Gasteiger partial charge in [-0.25, -0.2) is 4.98 Å². The molecule has 0 amide bonds. The minimum atomic E-state index is -0.239. The maximum atomic E-state index is 11.5. The van der Waals surface area contributed by atoms with Gasteiger partial charge in [-0.05, 0) is 40.2 Å². The molecule has 0 fully saturated rings. The molecule has 0 aliphatic carbocycles. The number of anilines is 2. The summed E-state index contributed by atoms with van der Waals surface area (Å²) < 4.78 is 0.369. The highest BCUT2D eigenvalue weighted by molar-refractivity contribution is 9.10. The number of aromatic nitrogens is 2. The van der Waals surface area contributed by atoms with Crippen LogP contribution in [0.25, 0.3) is 0 Å². The Bertz CT molecular complexity index is 665. The predicted molar refractivity (Wildman–Crippen MR) is 78.1 cm³/mol. The van der Waals surface area contributed by atoms with Crippen LogP contribution in [0.5, 0.6) is 0 Å². The van der Waals surface area contributed by atoms with Crippen molar-refractivity contribution < 1.29 is 0 Å². The van der Waals surface area contributed by atoms with Crippen molar-refractivity contribution in [2.75, 3.05) is 11.9 Å². The molecule has 2 aromatic rings. The van der Waals surface area contributed by atoms with E-state index in [2.05, 4.69) is 25.9 Å². The number of rotatable bonds is 3. The lowest BCUT2D eigenvalue weighted by molar-refractivity contribution is 1.04. The highest BCUT2D eigenvalue weighted by atomic mass is 79.9. The standard InChI is InChI=1S/C12H12BrN5O/c1-18(11-9(13)12(19)17-6-16-11)8-4-2-7(3-5-8)10(14)15/h2-6H,1H3,(H3,14,15)(H,16,17,19). The van der Waals surface area contributed by atoms with E-state index in [9.17, 15) is 4.79 Å². The number of nitrogens with zero attached hydrogens (tertiary/aromatic N) is 2. The Morgan fingerprint density at radius 1 is 1.42 bits per heavy atom. The zero-order valence-electron chi connectivity index (χ0n) is 10.1. The smallest absolute Gasteiger partial charge is 0.267 e. The third-order valence-corrected chi connectivity index (χ3v) is 3.38. The topological polar surface area (TPSA) is 98.9 Å². The number of nitrogen functional groups attached to an aromatic ring is 1. The summed E-state index contributed by atoms with van der Waals surface area (Å²) in [5.41, 5.74) is 6.65. The average molecular weight is 322 g/mol. The Kier molecular flexibility index (Phi) is 3.66. The molecule has 0 spiro atoms. The fraction of sp³-hybridized carbons (Fsp3) is 0.0833. The summed E-state index contributed by atoms with van der Waals surface area (Å²) in [5.74, 6) is 0.531. The van der Waals surface area contributed by atoms with Crippen molar-refractivity contribution in [1.29, 1.82) is 5.41 Å². The Balaban J connectivity index is 2.38. The van der Waals surface area contributed by atoms with E-state index in [4.69, 9.17) is 11.1 Å². The number of hydrogen-bond donors (Lipinski definition) is 3. The minimum Gasteiger partial charge on any atom is -0.384 e. The molecule has 1 heterocycles. The fourth-order valence-corrected chi connectivity index (χ4v) is 2.08. The maximum Gasteiger partial charge on any atom is 0.267 e. The van der Waals surface area contributed by atoms with Crippen molar-refractivity contribution in [1.82, 2.24) is 9.97 Å². The van der Waals surface area contributed by atoms with Crippen molar-refractivity contribution in [2.45, 2.75) is 0 Å². The maximum absolute atomic E-state index is 11.5.